The standard InChI is InChI=1S/C19H16N2O2S/c22-18(17-15-9-5-4-6-13(15)10-11-23-17)21-19-20-16(12-24-19)14-7-2-1-3-8-14/h1-9,12,17H,10-11H2,(H,20,21,22)/t17-/m0/s1. The number of carbonyl (C=O) groups excluding carboxylic acids is 1. The van der Waals surface area contributed by atoms with Gasteiger partial charge in [-0.3, -0.25) is 10.1 Å². The third-order valence-corrected chi connectivity index (χ3v) is 4.79. The molecular formula is C19H16N2O2S. The van der Waals surface area contributed by atoms with Gasteiger partial charge in [-0.2, -0.15) is 0 Å². The fraction of sp³-hybridized carbons (Fsp3) is 0.158. The molecule has 3 aromatic rings. The number of aromatic nitrogens is 1. The molecule has 0 saturated carbocycles. The normalized spacial score (nSPS) is 16.4. The van der Waals surface area contributed by atoms with Gasteiger partial charge in [0.1, 0.15) is 0 Å². The van der Waals surface area contributed by atoms with Gasteiger partial charge < -0.3 is 4.74 Å². The first kappa shape index (κ1) is 15.1. The van der Waals surface area contributed by atoms with Crippen LogP contribution in [-0.2, 0) is 16.0 Å². The largest absolute Gasteiger partial charge is 0.363 e. The van der Waals surface area contributed by atoms with Crippen molar-refractivity contribution in [3.63, 3.8) is 0 Å². The number of carbonyl (C=O) groups is 1. The number of hydrogen-bond acceptors (Lipinski definition) is 4. The van der Waals surface area contributed by atoms with Gasteiger partial charge in [0.25, 0.3) is 5.91 Å². The van der Waals surface area contributed by atoms with E-state index >= 15 is 0 Å². The highest BCUT2D eigenvalue weighted by molar-refractivity contribution is 7.14. The molecule has 0 aliphatic carbocycles. The lowest BCUT2D eigenvalue weighted by Gasteiger charge is -2.24. The van der Waals surface area contributed by atoms with Crippen molar-refractivity contribution in [1.29, 1.82) is 0 Å². The van der Waals surface area contributed by atoms with Crippen LogP contribution >= 0.6 is 11.3 Å². The summed E-state index contributed by atoms with van der Waals surface area (Å²) in [6.45, 7) is 0.558. The number of fused-ring (bicyclic) bond motifs is 1. The van der Waals surface area contributed by atoms with Gasteiger partial charge in [0, 0.05) is 10.9 Å². The number of nitrogens with zero attached hydrogens (tertiary/aromatic N) is 1. The Bertz CT molecular complexity index is 861. The molecule has 5 heteroatoms. The van der Waals surface area contributed by atoms with E-state index in [1.54, 1.807) is 0 Å². The molecule has 4 rings (SSSR count). The summed E-state index contributed by atoms with van der Waals surface area (Å²) in [4.78, 5) is 17.1. The van der Waals surface area contributed by atoms with Gasteiger partial charge >= 0.3 is 0 Å². The highest BCUT2D eigenvalue weighted by Crippen LogP contribution is 2.29. The Hall–Kier alpha value is -2.50. The van der Waals surface area contributed by atoms with Crippen molar-refractivity contribution in [2.75, 3.05) is 11.9 Å². The molecule has 1 aliphatic heterocycles. The molecule has 0 saturated heterocycles. The molecule has 1 amide bonds. The van der Waals surface area contributed by atoms with Gasteiger partial charge in [0.05, 0.1) is 12.3 Å². The molecule has 120 valence electrons. The van der Waals surface area contributed by atoms with E-state index < -0.39 is 6.10 Å². The van der Waals surface area contributed by atoms with E-state index in [-0.39, 0.29) is 5.91 Å². The van der Waals surface area contributed by atoms with E-state index in [0.29, 0.717) is 11.7 Å². The Kier molecular flexibility index (Phi) is 4.11. The van der Waals surface area contributed by atoms with Gasteiger partial charge in [0.2, 0.25) is 0 Å². The predicted molar refractivity (Wildman–Crippen MR) is 95.0 cm³/mol. The molecule has 2 aromatic carbocycles. The topological polar surface area (TPSA) is 51.2 Å². The quantitative estimate of drug-likeness (QED) is 0.784. The Morgan fingerprint density at radius 1 is 1.12 bits per heavy atom. The molecule has 0 unspecified atom stereocenters. The fourth-order valence-electron chi connectivity index (χ4n) is 2.85. The molecule has 24 heavy (non-hydrogen) atoms. The Morgan fingerprint density at radius 2 is 1.92 bits per heavy atom. The summed E-state index contributed by atoms with van der Waals surface area (Å²) in [6, 6.07) is 17.8. The van der Waals surface area contributed by atoms with E-state index in [4.69, 9.17) is 4.74 Å². The van der Waals surface area contributed by atoms with Crippen molar-refractivity contribution in [2.45, 2.75) is 12.5 Å². The lowest BCUT2D eigenvalue weighted by molar-refractivity contribution is -0.128. The van der Waals surface area contributed by atoms with Crippen LogP contribution in [0.25, 0.3) is 11.3 Å². The average molecular weight is 336 g/mol. The lowest BCUT2D eigenvalue weighted by atomic mass is 9.97. The van der Waals surface area contributed by atoms with E-state index in [1.807, 2.05) is 53.9 Å². The predicted octanol–water partition coefficient (Wildman–Crippen LogP) is 4.06. The number of rotatable bonds is 3. The number of anilines is 1. The number of thiazole rings is 1. The van der Waals surface area contributed by atoms with E-state index in [2.05, 4.69) is 16.4 Å². The van der Waals surface area contributed by atoms with Gasteiger partial charge in [-0.25, -0.2) is 4.98 Å². The summed E-state index contributed by atoms with van der Waals surface area (Å²) in [5.41, 5.74) is 4.02. The number of benzene rings is 2. The minimum atomic E-state index is -0.570. The minimum Gasteiger partial charge on any atom is -0.363 e. The first-order valence-electron chi connectivity index (χ1n) is 7.82. The lowest BCUT2D eigenvalue weighted by Crippen LogP contribution is -2.28. The first-order chi connectivity index (χ1) is 11.8. The third kappa shape index (κ3) is 2.96. The highest BCUT2D eigenvalue weighted by Gasteiger charge is 2.27. The molecule has 2 heterocycles. The van der Waals surface area contributed by atoms with Crippen LogP contribution < -0.4 is 5.32 Å². The molecule has 1 aromatic heterocycles. The first-order valence-corrected chi connectivity index (χ1v) is 8.70. The summed E-state index contributed by atoms with van der Waals surface area (Å²) in [5, 5.41) is 5.42. The van der Waals surface area contributed by atoms with Crippen LogP contribution in [0.1, 0.15) is 17.2 Å². The van der Waals surface area contributed by atoms with Gasteiger partial charge in [-0.15, -0.1) is 11.3 Å². The summed E-state index contributed by atoms with van der Waals surface area (Å²) >= 11 is 1.42. The second-order valence-electron chi connectivity index (χ2n) is 5.59. The molecule has 0 radical (unpaired) electrons. The second-order valence-corrected chi connectivity index (χ2v) is 6.45. The van der Waals surface area contributed by atoms with Crippen LogP contribution in [0.15, 0.2) is 60.0 Å². The van der Waals surface area contributed by atoms with Gasteiger partial charge in [-0.1, -0.05) is 54.6 Å². The molecule has 1 N–H and O–H groups in total. The minimum absolute atomic E-state index is 0.170. The zero-order valence-corrected chi connectivity index (χ0v) is 13.8. The van der Waals surface area contributed by atoms with Crippen LogP contribution in [0, 0.1) is 0 Å². The maximum Gasteiger partial charge on any atom is 0.259 e. The maximum absolute atomic E-state index is 12.6. The number of nitrogens with one attached hydrogen (secondary N) is 1. The number of hydrogen-bond donors (Lipinski definition) is 1. The highest BCUT2D eigenvalue weighted by atomic mass is 32.1. The Balaban J connectivity index is 1.53. The molecule has 0 spiro atoms. The van der Waals surface area contributed by atoms with E-state index in [1.165, 1.54) is 16.9 Å². The molecular weight excluding hydrogens is 320 g/mol. The SMILES string of the molecule is O=C(Nc1nc(-c2ccccc2)cs1)[C@H]1OCCc2ccccc21. The molecule has 1 aliphatic rings. The fourth-order valence-corrected chi connectivity index (χ4v) is 3.58. The average Bonchev–Trinajstić information content (AvgIpc) is 3.10. The molecule has 0 fully saturated rings. The van der Waals surface area contributed by atoms with E-state index in [0.717, 1.165) is 23.2 Å². The Morgan fingerprint density at radius 3 is 2.79 bits per heavy atom. The van der Waals surface area contributed by atoms with Crippen molar-refractivity contribution < 1.29 is 9.53 Å². The third-order valence-electron chi connectivity index (χ3n) is 4.04. The van der Waals surface area contributed by atoms with Crippen LogP contribution in [0.3, 0.4) is 0 Å². The van der Waals surface area contributed by atoms with Crippen LogP contribution in [-0.4, -0.2) is 17.5 Å². The zero-order valence-electron chi connectivity index (χ0n) is 12.9. The van der Waals surface area contributed by atoms with Crippen LogP contribution in [0.2, 0.25) is 0 Å². The number of ether oxygens (including phenoxy) is 1. The van der Waals surface area contributed by atoms with Gasteiger partial charge in [0.15, 0.2) is 11.2 Å². The van der Waals surface area contributed by atoms with Crippen molar-refractivity contribution >= 4 is 22.4 Å². The van der Waals surface area contributed by atoms with E-state index in [9.17, 15) is 4.79 Å². The van der Waals surface area contributed by atoms with Crippen molar-refractivity contribution in [2.24, 2.45) is 0 Å². The van der Waals surface area contributed by atoms with Crippen LogP contribution in [0.4, 0.5) is 5.13 Å². The van der Waals surface area contributed by atoms with Crippen molar-refractivity contribution in [1.82, 2.24) is 4.98 Å². The maximum atomic E-state index is 12.6. The summed E-state index contributed by atoms with van der Waals surface area (Å²) in [7, 11) is 0. The van der Waals surface area contributed by atoms with Crippen molar-refractivity contribution in [3.05, 3.63) is 71.1 Å². The number of amides is 1. The van der Waals surface area contributed by atoms with Crippen LogP contribution in [0.5, 0.6) is 0 Å². The molecule has 1 atom stereocenters. The van der Waals surface area contributed by atoms with Gasteiger partial charge in [-0.05, 0) is 17.5 Å². The summed E-state index contributed by atoms with van der Waals surface area (Å²) < 4.78 is 5.69. The smallest absolute Gasteiger partial charge is 0.259 e. The molecule has 0 bridgehead atoms. The Labute approximate surface area is 144 Å². The molecule has 4 nitrogen and oxygen atoms in total. The summed E-state index contributed by atoms with van der Waals surface area (Å²) in [6.07, 6.45) is 0.272. The second kappa shape index (κ2) is 6.55. The monoisotopic (exact) mass is 336 g/mol. The zero-order chi connectivity index (χ0) is 16.4. The summed E-state index contributed by atoms with van der Waals surface area (Å²) in [5.74, 6) is -0.170. The van der Waals surface area contributed by atoms with Crippen molar-refractivity contribution in [3.8, 4) is 11.3 Å².